The van der Waals surface area contributed by atoms with Crippen LogP contribution in [0.3, 0.4) is 0 Å². The Bertz CT molecular complexity index is 2090. The van der Waals surface area contributed by atoms with Crippen molar-refractivity contribution < 1.29 is 14.7 Å². The maximum atomic E-state index is 13.6. The monoisotopic (exact) mass is 579 g/mol. The summed E-state index contributed by atoms with van der Waals surface area (Å²) in [5.74, 6) is -0.634. The molecule has 1 N–H and O–H groups in total. The molecular weight excluding hydrogens is 550 g/mol. The summed E-state index contributed by atoms with van der Waals surface area (Å²) in [6.07, 6.45) is 2.94. The van der Waals surface area contributed by atoms with Gasteiger partial charge in [-0.15, -0.1) is 0 Å². The average molecular weight is 580 g/mol. The molecule has 3 aromatic heterocycles. The Balaban J connectivity index is 1.27. The molecule has 1 fully saturated rings. The lowest BCUT2D eigenvalue weighted by atomic mass is 9.59. The molecule has 2 amide bonds. The molecule has 0 radical (unpaired) electrons. The van der Waals surface area contributed by atoms with Gasteiger partial charge in [0.1, 0.15) is 0 Å². The van der Waals surface area contributed by atoms with Gasteiger partial charge in [-0.05, 0) is 42.7 Å². The largest absolute Gasteiger partial charge is 0.390 e. The van der Waals surface area contributed by atoms with E-state index in [4.69, 9.17) is 4.98 Å². The van der Waals surface area contributed by atoms with Gasteiger partial charge in [-0.25, -0.2) is 9.97 Å². The quantitative estimate of drug-likeness (QED) is 0.239. The van der Waals surface area contributed by atoms with Crippen molar-refractivity contribution in [1.29, 1.82) is 0 Å². The van der Waals surface area contributed by atoms with Crippen molar-refractivity contribution in [3.05, 3.63) is 120 Å². The van der Waals surface area contributed by atoms with E-state index in [0.29, 0.717) is 23.2 Å². The lowest BCUT2D eigenvalue weighted by molar-refractivity contribution is -0.132. The van der Waals surface area contributed by atoms with Crippen LogP contribution in [0.1, 0.15) is 58.2 Å². The van der Waals surface area contributed by atoms with E-state index < -0.39 is 11.1 Å². The molecule has 8 rings (SSSR count). The number of aromatic nitrogens is 4. The van der Waals surface area contributed by atoms with E-state index in [1.165, 1.54) is 4.90 Å². The fourth-order valence-electron chi connectivity index (χ4n) is 7.01. The summed E-state index contributed by atoms with van der Waals surface area (Å²) in [7, 11) is 0. The molecular formula is C36H29N5O3. The van der Waals surface area contributed by atoms with Crippen LogP contribution >= 0.6 is 0 Å². The molecule has 8 heteroatoms. The Labute approximate surface area is 253 Å². The highest BCUT2D eigenvalue weighted by atomic mass is 16.3. The molecule has 44 heavy (non-hydrogen) atoms. The van der Waals surface area contributed by atoms with Gasteiger partial charge in [-0.2, -0.15) is 9.61 Å². The van der Waals surface area contributed by atoms with Gasteiger partial charge in [0, 0.05) is 41.6 Å². The minimum Gasteiger partial charge on any atom is -0.390 e. The number of hydrogen-bond acceptors (Lipinski definition) is 6. The second kappa shape index (κ2) is 9.39. The van der Waals surface area contributed by atoms with Crippen LogP contribution in [0.2, 0.25) is 0 Å². The molecule has 0 spiro atoms. The van der Waals surface area contributed by atoms with E-state index in [9.17, 15) is 14.7 Å². The van der Waals surface area contributed by atoms with Gasteiger partial charge in [-0.3, -0.25) is 14.5 Å². The SMILES string of the molecule is CC[C@]1(O)C[C@](c2ccc(-c3nc4c(cnc5cc(C)nn54)cc3-c3ccccc3)cc2)(N2C(=O)c3ccccc3C2=O)C1. The normalized spacial score (nSPS) is 21.2. The van der Waals surface area contributed by atoms with E-state index >= 15 is 0 Å². The van der Waals surface area contributed by atoms with Gasteiger partial charge in [0.2, 0.25) is 0 Å². The Morgan fingerprint density at radius 3 is 2.14 bits per heavy atom. The number of carbonyl (C=O) groups is 2. The standard InChI is InChI=1S/C36H29N5O3/c1-3-35(44)20-36(21-35,40-33(42)27-11-7-8-12-28(27)34(40)43)26-15-13-24(14-16-26)31-29(23-9-5-4-6-10-23)18-25-19-37-30-17-22(2)39-41(30)32(25)38-31/h4-19,44H,3,20-21H2,1-2H3/t35-,36-. The predicted molar refractivity (Wildman–Crippen MR) is 167 cm³/mol. The van der Waals surface area contributed by atoms with Crippen LogP contribution in [-0.4, -0.2) is 47.0 Å². The minimum atomic E-state index is -0.949. The minimum absolute atomic E-state index is 0.286. The topological polar surface area (TPSA) is 101 Å². The first-order valence-corrected chi connectivity index (χ1v) is 14.8. The van der Waals surface area contributed by atoms with Gasteiger partial charge < -0.3 is 5.11 Å². The third-order valence-electron chi connectivity index (χ3n) is 9.28. The lowest BCUT2D eigenvalue weighted by Gasteiger charge is -2.56. The second-order valence-electron chi connectivity index (χ2n) is 12.0. The van der Waals surface area contributed by atoms with Crippen LogP contribution in [0.15, 0.2) is 97.2 Å². The number of rotatable bonds is 5. The molecule has 0 unspecified atom stereocenters. The Kier molecular flexibility index (Phi) is 5.64. The summed E-state index contributed by atoms with van der Waals surface area (Å²) in [5.41, 5.74) is 5.66. The van der Waals surface area contributed by atoms with Gasteiger partial charge in [-0.1, -0.05) is 73.7 Å². The van der Waals surface area contributed by atoms with E-state index in [1.54, 1.807) is 28.8 Å². The van der Waals surface area contributed by atoms with Crippen LogP contribution in [-0.2, 0) is 5.54 Å². The van der Waals surface area contributed by atoms with Crippen molar-refractivity contribution >= 4 is 28.5 Å². The van der Waals surface area contributed by atoms with Crippen molar-refractivity contribution in [2.24, 2.45) is 0 Å². The number of pyridine rings is 1. The van der Waals surface area contributed by atoms with Crippen molar-refractivity contribution in [3.63, 3.8) is 0 Å². The van der Waals surface area contributed by atoms with E-state index in [-0.39, 0.29) is 24.7 Å². The number of carbonyl (C=O) groups excluding carboxylic acids is 2. The summed E-state index contributed by atoms with van der Waals surface area (Å²) >= 11 is 0. The molecule has 3 aromatic carbocycles. The van der Waals surface area contributed by atoms with Gasteiger partial charge in [0.15, 0.2) is 11.3 Å². The molecule has 6 aromatic rings. The molecule has 1 aliphatic heterocycles. The van der Waals surface area contributed by atoms with Crippen LogP contribution in [0.4, 0.5) is 0 Å². The summed E-state index contributed by atoms with van der Waals surface area (Å²) in [6.45, 7) is 3.86. The number of hydrogen-bond donors (Lipinski definition) is 1. The van der Waals surface area contributed by atoms with Crippen molar-refractivity contribution in [1.82, 2.24) is 24.5 Å². The number of aryl methyl sites for hydroxylation is 1. The fraction of sp³-hybridized carbons (Fsp3) is 0.194. The summed E-state index contributed by atoms with van der Waals surface area (Å²) in [4.78, 5) is 38.4. The number of imide groups is 1. The third kappa shape index (κ3) is 3.77. The molecule has 0 atom stereocenters. The first-order valence-electron chi connectivity index (χ1n) is 14.8. The maximum absolute atomic E-state index is 13.6. The molecule has 216 valence electrons. The second-order valence-corrected chi connectivity index (χ2v) is 12.0. The zero-order valence-electron chi connectivity index (χ0n) is 24.4. The Hall–Kier alpha value is -5.21. The fourth-order valence-corrected chi connectivity index (χ4v) is 7.01. The molecule has 4 heterocycles. The van der Waals surface area contributed by atoms with Crippen LogP contribution < -0.4 is 0 Å². The molecule has 1 aliphatic carbocycles. The van der Waals surface area contributed by atoms with Crippen LogP contribution in [0.25, 0.3) is 39.1 Å². The number of amides is 2. The zero-order valence-corrected chi connectivity index (χ0v) is 24.4. The predicted octanol–water partition coefficient (Wildman–Crippen LogP) is 6.35. The zero-order chi connectivity index (χ0) is 30.2. The average Bonchev–Trinajstić information content (AvgIpc) is 3.55. The van der Waals surface area contributed by atoms with Gasteiger partial charge in [0.05, 0.1) is 33.7 Å². The number of nitrogens with zero attached hydrogens (tertiary/aromatic N) is 5. The highest BCUT2D eigenvalue weighted by molar-refractivity contribution is 6.22. The number of fused-ring (bicyclic) bond motifs is 4. The van der Waals surface area contributed by atoms with Crippen molar-refractivity contribution in [2.45, 2.75) is 44.2 Å². The molecule has 0 bridgehead atoms. The van der Waals surface area contributed by atoms with Crippen LogP contribution in [0, 0.1) is 6.92 Å². The van der Waals surface area contributed by atoms with Gasteiger partial charge >= 0.3 is 0 Å². The first kappa shape index (κ1) is 26.4. The molecule has 0 saturated heterocycles. The lowest BCUT2D eigenvalue weighted by Crippen LogP contribution is -2.64. The van der Waals surface area contributed by atoms with E-state index in [1.807, 2.05) is 68.6 Å². The highest BCUT2D eigenvalue weighted by Crippen LogP contribution is 2.56. The summed E-state index contributed by atoms with van der Waals surface area (Å²) in [6, 6.07) is 29.0. The highest BCUT2D eigenvalue weighted by Gasteiger charge is 2.61. The van der Waals surface area contributed by atoms with Crippen LogP contribution in [0.5, 0.6) is 0 Å². The van der Waals surface area contributed by atoms with Gasteiger partial charge in [0.25, 0.3) is 11.8 Å². The number of benzene rings is 3. The van der Waals surface area contributed by atoms with Crippen molar-refractivity contribution in [2.75, 3.05) is 0 Å². The Morgan fingerprint density at radius 1 is 0.818 bits per heavy atom. The molecule has 2 aliphatic rings. The van der Waals surface area contributed by atoms with E-state index in [2.05, 4.69) is 28.3 Å². The smallest absolute Gasteiger partial charge is 0.262 e. The van der Waals surface area contributed by atoms with Crippen molar-refractivity contribution in [3.8, 4) is 22.4 Å². The molecule has 8 nitrogen and oxygen atoms in total. The first-order chi connectivity index (χ1) is 21.3. The number of aliphatic hydroxyl groups is 1. The summed E-state index contributed by atoms with van der Waals surface area (Å²) in [5, 5.41) is 16.7. The molecule has 1 saturated carbocycles. The maximum Gasteiger partial charge on any atom is 0.262 e. The third-order valence-corrected chi connectivity index (χ3v) is 9.28. The van der Waals surface area contributed by atoms with E-state index in [0.717, 1.165) is 44.7 Å². The summed E-state index contributed by atoms with van der Waals surface area (Å²) < 4.78 is 1.77. The Morgan fingerprint density at radius 2 is 1.48 bits per heavy atom.